The molecular weight excluding hydrogens is 430 g/mol. The highest BCUT2D eigenvalue weighted by molar-refractivity contribution is 6.76. The number of imidazole rings is 1. The molecule has 2 rings (SSSR count). The second kappa shape index (κ2) is 13.2. The van der Waals surface area contributed by atoms with E-state index in [1.54, 1.807) is 0 Å². The van der Waals surface area contributed by atoms with Gasteiger partial charge >= 0.3 is 6.09 Å². The predicted octanol–water partition coefficient (Wildman–Crippen LogP) is 6.68. The number of nitrogens with zero attached hydrogens (tertiary/aromatic N) is 2. The van der Waals surface area contributed by atoms with Gasteiger partial charge in [-0.15, -0.1) is 13.2 Å². The Morgan fingerprint density at radius 1 is 1.24 bits per heavy atom. The monoisotopic (exact) mass is 468 g/mol. The highest BCUT2D eigenvalue weighted by Crippen LogP contribution is 2.28. The van der Waals surface area contributed by atoms with Crippen LogP contribution in [-0.2, 0) is 22.6 Å². The van der Waals surface area contributed by atoms with Gasteiger partial charge in [-0.2, -0.15) is 0 Å². The smallest absolute Gasteiger partial charge is 0.411 e. The van der Waals surface area contributed by atoms with Gasteiger partial charge in [0.2, 0.25) is 0 Å². The first kappa shape index (κ1) is 26.6. The Bertz CT molecular complexity index is 931. The third-order valence-corrected chi connectivity index (χ3v) is 6.87. The first-order valence-corrected chi connectivity index (χ1v) is 15.2. The molecule has 0 fully saturated rings. The number of allylic oxidation sites excluding steroid dienone is 2. The first-order valence-electron chi connectivity index (χ1n) is 11.5. The van der Waals surface area contributed by atoms with Crippen LogP contribution < -0.4 is 5.32 Å². The molecule has 7 heteroatoms. The van der Waals surface area contributed by atoms with Crippen molar-refractivity contribution >= 4 is 19.9 Å². The number of nitrogens with one attached hydrogen (secondary N) is 1. The van der Waals surface area contributed by atoms with Crippen LogP contribution in [0.25, 0.3) is 11.3 Å². The van der Waals surface area contributed by atoms with Crippen molar-refractivity contribution in [2.45, 2.75) is 58.1 Å². The molecule has 1 amide bonds. The fourth-order valence-electron chi connectivity index (χ4n) is 3.29. The minimum absolute atomic E-state index is 0.467. The van der Waals surface area contributed by atoms with Gasteiger partial charge in [-0.3, -0.25) is 5.32 Å². The number of hydrogen-bond donors (Lipinski definition) is 1. The zero-order valence-corrected chi connectivity index (χ0v) is 21.5. The Morgan fingerprint density at radius 3 is 2.70 bits per heavy atom. The molecule has 6 nitrogen and oxygen atoms in total. The summed E-state index contributed by atoms with van der Waals surface area (Å²) in [6.45, 7) is 15.9. The quantitative estimate of drug-likeness (QED) is 0.191. The van der Waals surface area contributed by atoms with Crippen molar-refractivity contribution < 1.29 is 14.3 Å². The van der Waals surface area contributed by atoms with Gasteiger partial charge in [0.1, 0.15) is 12.6 Å². The minimum Gasteiger partial charge on any atom is -0.453 e. The summed E-state index contributed by atoms with van der Waals surface area (Å²) in [6, 6.07) is 7.00. The third kappa shape index (κ3) is 9.02. The summed E-state index contributed by atoms with van der Waals surface area (Å²) < 4.78 is 12.8. The molecule has 0 saturated heterocycles. The maximum atomic E-state index is 11.7. The number of methoxy groups -OCH3 is 1. The lowest BCUT2D eigenvalue weighted by molar-refractivity contribution is 0.0860. The molecule has 1 aromatic carbocycles. The van der Waals surface area contributed by atoms with E-state index < -0.39 is 14.2 Å². The van der Waals surface area contributed by atoms with E-state index in [1.807, 2.05) is 36.5 Å². The number of rotatable bonds is 14. The predicted molar refractivity (Wildman–Crippen MR) is 139 cm³/mol. The number of anilines is 1. The molecule has 2 aromatic rings. The molecule has 0 aliphatic heterocycles. The molecule has 1 heterocycles. The molecule has 1 N–H and O–H groups in total. The van der Waals surface area contributed by atoms with Crippen molar-refractivity contribution in [3.05, 3.63) is 67.5 Å². The second-order valence-electron chi connectivity index (χ2n) is 9.20. The highest BCUT2D eigenvalue weighted by Gasteiger charge is 2.16. The van der Waals surface area contributed by atoms with Crippen LogP contribution in [0.1, 0.15) is 30.7 Å². The third-order valence-electron chi connectivity index (χ3n) is 5.17. The lowest BCUT2D eigenvalue weighted by Crippen LogP contribution is -2.22. The molecule has 0 spiro atoms. The minimum atomic E-state index is -1.14. The van der Waals surface area contributed by atoms with E-state index in [0.29, 0.717) is 12.4 Å². The van der Waals surface area contributed by atoms with Crippen LogP contribution in [0.15, 0.2) is 49.7 Å². The maximum Gasteiger partial charge on any atom is 0.411 e. The van der Waals surface area contributed by atoms with E-state index >= 15 is 0 Å². The zero-order valence-electron chi connectivity index (χ0n) is 20.5. The van der Waals surface area contributed by atoms with Gasteiger partial charge < -0.3 is 14.0 Å². The number of aromatic nitrogens is 2. The van der Waals surface area contributed by atoms with Crippen molar-refractivity contribution in [2.75, 3.05) is 19.0 Å². The van der Waals surface area contributed by atoms with Gasteiger partial charge in [0.25, 0.3) is 0 Å². The zero-order chi connectivity index (χ0) is 24.3. The molecule has 0 aliphatic rings. The summed E-state index contributed by atoms with van der Waals surface area (Å²) in [5.74, 6) is 0.867. The Kier molecular flexibility index (Phi) is 10.6. The lowest BCUT2D eigenvalue weighted by Gasteiger charge is -2.16. The molecule has 33 heavy (non-hydrogen) atoms. The largest absolute Gasteiger partial charge is 0.453 e. The normalized spacial score (nSPS) is 11.3. The van der Waals surface area contributed by atoms with Crippen molar-refractivity contribution in [2.24, 2.45) is 0 Å². The van der Waals surface area contributed by atoms with Gasteiger partial charge in [0.15, 0.2) is 0 Å². The van der Waals surface area contributed by atoms with Crippen LogP contribution in [0.5, 0.6) is 0 Å². The average molecular weight is 469 g/mol. The molecule has 0 saturated carbocycles. The Hall–Kier alpha value is -2.64. The Balaban J connectivity index is 2.31. The standard InChI is InChI=1S/C26H38N3O3Si/c1-7-9-11-12-21-18-22(27-26(30)31-3)14-15-23(21)24-19-29(25(28-24)13-10-8-2)20-32-16-17-33(4,5)6/h7-8,13-15,18-19H,1-2,9-12,16-17,20H2,3-6H3,(H,27,30). The molecule has 0 unspecified atom stereocenters. The summed E-state index contributed by atoms with van der Waals surface area (Å²) in [7, 11) is 0.218. The highest BCUT2D eigenvalue weighted by atomic mass is 28.3. The van der Waals surface area contributed by atoms with Crippen LogP contribution in [0.3, 0.4) is 0 Å². The van der Waals surface area contributed by atoms with E-state index in [9.17, 15) is 4.79 Å². The number of benzene rings is 1. The Labute approximate surface area is 199 Å². The first-order chi connectivity index (χ1) is 15.8. The summed E-state index contributed by atoms with van der Waals surface area (Å²) in [4.78, 5) is 16.6. The van der Waals surface area contributed by atoms with Gasteiger partial charge in [-0.25, -0.2) is 9.78 Å². The average Bonchev–Trinajstić information content (AvgIpc) is 3.17. The number of carbonyl (C=O) groups excluding carboxylic acids is 1. The fraction of sp³-hybridized carbons (Fsp3) is 0.423. The topological polar surface area (TPSA) is 65.4 Å². The van der Waals surface area contributed by atoms with Crippen LogP contribution in [-0.4, -0.2) is 37.4 Å². The van der Waals surface area contributed by atoms with Crippen LogP contribution in [0.2, 0.25) is 25.7 Å². The lowest BCUT2D eigenvalue weighted by atomic mass is 9.99. The van der Waals surface area contributed by atoms with Crippen LogP contribution in [0.4, 0.5) is 10.5 Å². The van der Waals surface area contributed by atoms with Gasteiger partial charge in [0.05, 0.1) is 12.8 Å². The molecule has 0 bridgehead atoms. The van der Waals surface area contributed by atoms with E-state index in [2.05, 4.69) is 49.1 Å². The fourth-order valence-corrected chi connectivity index (χ4v) is 4.05. The summed E-state index contributed by atoms with van der Waals surface area (Å²) in [5.41, 5.74) is 3.75. The van der Waals surface area contributed by atoms with Crippen molar-refractivity contribution in [3.8, 4) is 11.3 Å². The van der Waals surface area contributed by atoms with Gasteiger partial charge in [0, 0.05) is 38.5 Å². The van der Waals surface area contributed by atoms with Crippen molar-refractivity contribution in [1.29, 1.82) is 0 Å². The molecule has 0 aliphatic carbocycles. The number of ether oxygens (including phenoxy) is 2. The second-order valence-corrected chi connectivity index (χ2v) is 14.8. The van der Waals surface area contributed by atoms with Crippen LogP contribution >= 0.6 is 0 Å². The maximum absolute atomic E-state index is 11.7. The molecule has 0 atom stereocenters. The summed E-state index contributed by atoms with van der Waals surface area (Å²) in [5, 5.41) is 2.75. The van der Waals surface area contributed by atoms with Gasteiger partial charge in [-0.05, 0) is 49.4 Å². The van der Waals surface area contributed by atoms with Crippen LogP contribution in [0, 0.1) is 6.42 Å². The van der Waals surface area contributed by atoms with E-state index in [-0.39, 0.29) is 0 Å². The van der Waals surface area contributed by atoms with Gasteiger partial charge in [-0.1, -0.05) is 37.9 Å². The number of carbonyl (C=O) groups is 1. The van der Waals surface area contributed by atoms with E-state index in [0.717, 1.165) is 61.0 Å². The number of unbranched alkanes of at least 4 members (excludes halogenated alkanes) is 1. The summed E-state index contributed by atoms with van der Waals surface area (Å²) in [6.07, 6.45) is 10.9. The van der Waals surface area contributed by atoms with E-state index in [4.69, 9.17) is 14.5 Å². The van der Waals surface area contributed by atoms with Crippen molar-refractivity contribution in [3.63, 3.8) is 0 Å². The molecule has 1 radical (unpaired) electrons. The summed E-state index contributed by atoms with van der Waals surface area (Å²) >= 11 is 0. The number of hydrogen-bond acceptors (Lipinski definition) is 4. The Morgan fingerprint density at radius 2 is 2.03 bits per heavy atom. The van der Waals surface area contributed by atoms with E-state index in [1.165, 1.54) is 7.11 Å². The molecule has 1 aromatic heterocycles. The SMILES string of the molecule is C=CC[CH]c1nc(-c2ccc(NC(=O)OC)cc2CCCC=C)cn1COCC[Si](C)(C)C. The number of aryl methyl sites for hydroxylation is 1. The molecule has 179 valence electrons. The van der Waals surface area contributed by atoms with Crippen molar-refractivity contribution in [1.82, 2.24) is 9.55 Å². The number of amides is 1. The molecular formula is C26H38N3O3Si.